The Morgan fingerprint density at radius 1 is 1.53 bits per heavy atom. The van der Waals surface area contributed by atoms with Crippen LogP contribution in [0.1, 0.15) is 23.7 Å². The maximum absolute atomic E-state index is 10.6. The van der Waals surface area contributed by atoms with E-state index in [0.717, 1.165) is 0 Å². The van der Waals surface area contributed by atoms with E-state index in [1.807, 2.05) is 0 Å². The van der Waals surface area contributed by atoms with Gasteiger partial charge in [-0.1, -0.05) is 0 Å². The number of aliphatic hydroxyl groups excluding tert-OH is 1. The molecule has 17 heavy (non-hydrogen) atoms. The van der Waals surface area contributed by atoms with Crippen molar-refractivity contribution in [1.82, 2.24) is 4.98 Å². The summed E-state index contributed by atoms with van der Waals surface area (Å²) in [5, 5.41) is 27.5. The molecule has 0 unspecified atom stereocenters. The van der Waals surface area contributed by atoms with Crippen molar-refractivity contribution < 1.29 is 20.1 Å². The molecule has 1 aromatic rings. The van der Waals surface area contributed by atoms with Crippen LogP contribution in [0, 0.1) is 6.92 Å². The van der Waals surface area contributed by atoms with E-state index in [0.29, 0.717) is 16.8 Å². The summed E-state index contributed by atoms with van der Waals surface area (Å²) in [6.07, 6.45) is 1.44. The standard InChI is InChI=1S/C11H14N2O4/c1-6-10(15)9(8(5-14)3-12-6)4-13-7(2)11(16)17/h3,14-15H,4-5H2,1-2H3,(H,16,17). The van der Waals surface area contributed by atoms with Crippen LogP contribution in [-0.4, -0.2) is 32.0 Å². The first-order valence-corrected chi connectivity index (χ1v) is 4.98. The summed E-state index contributed by atoms with van der Waals surface area (Å²) in [6.45, 7) is 2.71. The van der Waals surface area contributed by atoms with Gasteiger partial charge in [-0.3, -0.25) is 9.98 Å². The molecule has 0 saturated heterocycles. The first kappa shape index (κ1) is 13.1. The lowest BCUT2D eigenvalue weighted by molar-refractivity contribution is -0.129. The maximum Gasteiger partial charge on any atom is 0.349 e. The van der Waals surface area contributed by atoms with Crippen molar-refractivity contribution in [1.29, 1.82) is 0 Å². The molecule has 0 radical (unpaired) electrons. The zero-order valence-electron chi connectivity index (χ0n) is 9.64. The number of hydrogen-bond donors (Lipinski definition) is 3. The van der Waals surface area contributed by atoms with Crippen molar-refractivity contribution in [3.8, 4) is 5.75 Å². The smallest absolute Gasteiger partial charge is 0.349 e. The number of aryl methyl sites for hydroxylation is 1. The van der Waals surface area contributed by atoms with Gasteiger partial charge in [-0.05, 0) is 13.8 Å². The molecule has 0 aliphatic rings. The van der Waals surface area contributed by atoms with Crippen molar-refractivity contribution in [2.24, 2.45) is 4.99 Å². The molecule has 92 valence electrons. The molecule has 0 aliphatic carbocycles. The van der Waals surface area contributed by atoms with E-state index < -0.39 is 5.97 Å². The molecule has 0 amide bonds. The minimum absolute atomic E-state index is 0.00319. The predicted octanol–water partition coefficient (Wildman–Crippen LogP) is 0.633. The molecular formula is C11H14N2O4. The van der Waals surface area contributed by atoms with E-state index in [1.165, 1.54) is 13.1 Å². The molecule has 0 aliphatic heterocycles. The zero-order valence-corrected chi connectivity index (χ0v) is 9.64. The number of carboxylic acids is 1. The summed E-state index contributed by atoms with van der Waals surface area (Å²) < 4.78 is 0. The van der Waals surface area contributed by atoms with Crippen LogP contribution in [0.4, 0.5) is 0 Å². The molecule has 0 saturated carbocycles. The van der Waals surface area contributed by atoms with Gasteiger partial charge in [-0.2, -0.15) is 0 Å². The second-order valence-corrected chi connectivity index (χ2v) is 3.56. The lowest BCUT2D eigenvalue weighted by Crippen LogP contribution is -2.09. The van der Waals surface area contributed by atoms with Gasteiger partial charge in [0.2, 0.25) is 0 Å². The Balaban J connectivity index is 3.09. The zero-order chi connectivity index (χ0) is 13.0. The topological polar surface area (TPSA) is 103 Å². The van der Waals surface area contributed by atoms with Crippen LogP contribution < -0.4 is 0 Å². The molecule has 1 heterocycles. The molecule has 0 aromatic carbocycles. The number of rotatable bonds is 4. The molecule has 1 aromatic heterocycles. The van der Waals surface area contributed by atoms with Gasteiger partial charge >= 0.3 is 5.97 Å². The second-order valence-electron chi connectivity index (χ2n) is 3.56. The summed E-state index contributed by atoms with van der Waals surface area (Å²) >= 11 is 0. The van der Waals surface area contributed by atoms with Gasteiger partial charge in [0.15, 0.2) is 0 Å². The van der Waals surface area contributed by atoms with Crippen LogP contribution in [0.2, 0.25) is 0 Å². The largest absolute Gasteiger partial charge is 0.506 e. The predicted molar refractivity (Wildman–Crippen MR) is 61.0 cm³/mol. The Kier molecular flexibility index (Phi) is 4.17. The number of aliphatic carboxylic acids is 1. The Labute approximate surface area is 98.3 Å². The average Bonchev–Trinajstić information content (AvgIpc) is 2.30. The van der Waals surface area contributed by atoms with Crippen molar-refractivity contribution in [2.45, 2.75) is 27.0 Å². The summed E-state index contributed by atoms with van der Waals surface area (Å²) in [6, 6.07) is 0. The number of carbonyl (C=O) groups is 1. The SMILES string of the molecule is CC(=NCc1c(CO)cnc(C)c1O)C(=O)O. The first-order chi connectivity index (χ1) is 7.97. The molecule has 6 heteroatoms. The fourth-order valence-corrected chi connectivity index (χ4v) is 1.26. The van der Waals surface area contributed by atoms with Crippen LogP contribution >= 0.6 is 0 Å². The minimum atomic E-state index is -1.11. The third-order valence-electron chi connectivity index (χ3n) is 2.38. The highest BCUT2D eigenvalue weighted by atomic mass is 16.4. The van der Waals surface area contributed by atoms with Crippen LogP contribution in [-0.2, 0) is 17.9 Å². The van der Waals surface area contributed by atoms with E-state index >= 15 is 0 Å². The van der Waals surface area contributed by atoms with E-state index in [-0.39, 0.29) is 24.6 Å². The Bertz CT molecular complexity index is 469. The van der Waals surface area contributed by atoms with E-state index in [1.54, 1.807) is 6.92 Å². The number of carboxylic acid groups (broad SMARTS) is 1. The van der Waals surface area contributed by atoms with Gasteiger partial charge in [0.1, 0.15) is 11.5 Å². The minimum Gasteiger partial charge on any atom is -0.506 e. The maximum atomic E-state index is 10.6. The molecule has 1 rings (SSSR count). The van der Waals surface area contributed by atoms with Crippen LogP contribution in [0.25, 0.3) is 0 Å². The average molecular weight is 238 g/mol. The number of aromatic nitrogens is 1. The van der Waals surface area contributed by atoms with Gasteiger partial charge in [-0.25, -0.2) is 4.79 Å². The van der Waals surface area contributed by atoms with Gasteiger partial charge < -0.3 is 15.3 Å². The van der Waals surface area contributed by atoms with Crippen LogP contribution in [0.15, 0.2) is 11.2 Å². The fraction of sp³-hybridized carbons (Fsp3) is 0.364. The molecule has 0 atom stereocenters. The number of pyridine rings is 1. The quantitative estimate of drug-likeness (QED) is 0.668. The summed E-state index contributed by atoms with van der Waals surface area (Å²) in [7, 11) is 0. The molecule has 0 bridgehead atoms. The summed E-state index contributed by atoms with van der Waals surface area (Å²) in [5.74, 6) is -1.17. The normalized spacial score (nSPS) is 11.6. The van der Waals surface area contributed by atoms with Crippen molar-refractivity contribution in [3.05, 3.63) is 23.0 Å². The molecule has 3 N–H and O–H groups in total. The summed E-state index contributed by atoms with van der Waals surface area (Å²) in [5.41, 5.74) is 1.21. The van der Waals surface area contributed by atoms with Crippen molar-refractivity contribution in [3.63, 3.8) is 0 Å². The lowest BCUT2D eigenvalue weighted by Gasteiger charge is -2.09. The molecular weight excluding hydrogens is 224 g/mol. The fourth-order valence-electron chi connectivity index (χ4n) is 1.26. The Morgan fingerprint density at radius 2 is 2.18 bits per heavy atom. The molecule has 0 fully saturated rings. The highest BCUT2D eigenvalue weighted by Gasteiger charge is 2.11. The van der Waals surface area contributed by atoms with Gasteiger partial charge in [0.05, 0.1) is 18.8 Å². The third kappa shape index (κ3) is 3.01. The van der Waals surface area contributed by atoms with Crippen LogP contribution in [0.3, 0.4) is 0 Å². The first-order valence-electron chi connectivity index (χ1n) is 4.98. The van der Waals surface area contributed by atoms with E-state index in [4.69, 9.17) is 10.2 Å². The van der Waals surface area contributed by atoms with Gasteiger partial charge in [-0.15, -0.1) is 0 Å². The Hall–Kier alpha value is -1.95. The monoisotopic (exact) mass is 238 g/mol. The third-order valence-corrected chi connectivity index (χ3v) is 2.38. The number of aliphatic imine (C=N–C) groups is 1. The van der Waals surface area contributed by atoms with Gasteiger partial charge in [0, 0.05) is 17.3 Å². The number of nitrogens with zero attached hydrogens (tertiary/aromatic N) is 2. The lowest BCUT2D eigenvalue weighted by atomic mass is 10.1. The summed E-state index contributed by atoms with van der Waals surface area (Å²) in [4.78, 5) is 18.3. The number of aromatic hydroxyl groups is 1. The number of hydrogen-bond acceptors (Lipinski definition) is 5. The highest BCUT2D eigenvalue weighted by molar-refractivity contribution is 6.34. The van der Waals surface area contributed by atoms with Crippen molar-refractivity contribution >= 4 is 11.7 Å². The second kappa shape index (κ2) is 5.40. The highest BCUT2D eigenvalue weighted by Crippen LogP contribution is 2.24. The van der Waals surface area contributed by atoms with E-state index in [2.05, 4.69) is 9.98 Å². The van der Waals surface area contributed by atoms with E-state index in [9.17, 15) is 9.90 Å². The van der Waals surface area contributed by atoms with Crippen LogP contribution in [0.5, 0.6) is 5.75 Å². The number of aliphatic hydroxyl groups is 1. The molecule has 6 nitrogen and oxygen atoms in total. The van der Waals surface area contributed by atoms with Gasteiger partial charge in [0.25, 0.3) is 0 Å². The molecule has 0 spiro atoms. The Morgan fingerprint density at radius 3 is 2.71 bits per heavy atom. The van der Waals surface area contributed by atoms with Crippen molar-refractivity contribution in [2.75, 3.05) is 0 Å².